The fourth-order valence-corrected chi connectivity index (χ4v) is 3.12. The third kappa shape index (κ3) is 5.30. The molecule has 2 aromatic heterocycles. The van der Waals surface area contributed by atoms with Crippen molar-refractivity contribution in [2.75, 3.05) is 6.54 Å². The van der Waals surface area contributed by atoms with Gasteiger partial charge in [-0.25, -0.2) is 0 Å². The van der Waals surface area contributed by atoms with E-state index in [0.29, 0.717) is 23.3 Å². The lowest BCUT2D eigenvalue weighted by Gasteiger charge is -2.05. The zero-order valence-corrected chi connectivity index (χ0v) is 14.2. The third-order valence-corrected chi connectivity index (χ3v) is 4.30. The van der Waals surface area contributed by atoms with Crippen LogP contribution in [-0.2, 0) is 13.2 Å². The van der Waals surface area contributed by atoms with Gasteiger partial charge in [0.05, 0.1) is 11.2 Å². The van der Waals surface area contributed by atoms with Crippen molar-refractivity contribution in [2.24, 2.45) is 5.92 Å². The van der Waals surface area contributed by atoms with Crippen molar-refractivity contribution in [2.45, 2.75) is 33.9 Å². The number of ether oxygens (including phenoxy) is 1. The highest BCUT2D eigenvalue weighted by Gasteiger charge is 2.07. The number of hydrogen-bond donors (Lipinski definition) is 1. The summed E-state index contributed by atoms with van der Waals surface area (Å²) >= 11 is 7.72. The van der Waals surface area contributed by atoms with Crippen LogP contribution in [-0.4, -0.2) is 11.5 Å². The monoisotopic (exact) mass is 324 g/mol. The van der Waals surface area contributed by atoms with E-state index in [0.717, 1.165) is 13.1 Å². The molecule has 0 aliphatic rings. The van der Waals surface area contributed by atoms with Crippen LogP contribution < -0.4 is 10.1 Å². The number of rotatable bonds is 7. The topological polar surface area (TPSA) is 34.1 Å². The van der Waals surface area contributed by atoms with Crippen molar-refractivity contribution in [3.8, 4) is 5.75 Å². The Morgan fingerprint density at radius 1 is 1.33 bits per heavy atom. The Bertz CT molecular complexity index is 583. The third-order valence-electron chi connectivity index (χ3n) is 3.00. The number of nitrogens with one attached hydrogen (secondary N) is 1. The maximum absolute atomic E-state index is 5.90. The van der Waals surface area contributed by atoms with E-state index in [2.05, 4.69) is 37.1 Å². The number of halogens is 1. The highest BCUT2D eigenvalue weighted by molar-refractivity contribution is 7.12. The fourth-order valence-electron chi connectivity index (χ4n) is 1.93. The SMILES string of the molecule is Cc1sc(CNCC(C)C)cc1COc1cncc(Cl)c1. The summed E-state index contributed by atoms with van der Waals surface area (Å²) in [5, 5.41) is 4.06. The normalized spacial score (nSPS) is 11.1. The van der Waals surface area contributed by atoms with E-state index in [4.69, 9.17) is 16.3 Å². The average molecular weight is 325 g/mol. The van der Waals surface area contributed by atoms with Crippen LogP contribution >= 0.6 is 22.9 Å². The first-order valence-corrected chi connectivity index (χ1v) is 8.26. The van der Waals surface area contributed by atoms with Crippen LogP contribution in [0, 0.1) is 12.8 Å². The van der Waals surface area contributed by atoms with Gasteiger partial charge < -0.3 is 10.1 Å². The zero-order valence-electron chi connectivity index (χ0n) is 12.6. The van der Waals surface area contributed by atoms with E-state index in [1.54, 1.807) is 18.5 Å². The molecule has 0 saturated heterocycles. The molecule has 0 fully saturated rings. The standard InChI is InChI=1S/C16H21ClN2OS/c1-11(2)6-18-9-16-4-13(12(3)21-16)10-20-15-5-14(17)7-19-8-15/h4-5,7-8,11,18H,6,9-10H2,1-3H3. The number of pyridine rings is 1. The molecule has 5 heteroatoms. The van der Waals surface area contributed by atoms with Crippen LogP contribution in [0.1, 0.15) is 29.2 Å². The number of aryl methyl sites for hydroxylation is 1. The molecule has 114 valence electrons. The number of aromatic nitrogens is 1. The molecule has 0 radical (unpaired) electrons. The number of hydrogen-bond acceptors (Lipinski definition) is 4. The second-order valence-electron chi connectivity index (χ2n) is 5.45. The Morgan fingerprint density at radius 3 is 2.86 bits per heavy atom. The van der Waals surface area contributed by atoms with Gasteiger partial charge in [0.25, 0.3) is 0 Å². The predicted octanol–water partition coefficient (Wildman–Crippen LogP) is 4.43. The van der Waals surface area contributed by atoms with Crippen LogP contribution in [0.5, 0.6) is 5.75 Å². The maximum Gasteiger partial charge on any atom is 0.139 e. The van der Waals surface area contributed by atoms with Gasteiger partial charge in [-0.2, -0.15) is 0 Å². The van der Waals surface area contributed by atoms with Gasteiger partial charge in [0.1, 0.15) is 12.4 Å². The molecule has 2 aromatic rings. The molecule has 0 spiro atoms. The average Bonchev–Trinajstić information content (AvgIpc) is 2.76. The molecule has 0 bridgehead atoms. The highest BCUT2D eigenvalue weighted by Crippen LogP contribution is 2.24. The van der Waals surface area contributed by atoms with Gasteiger partial charge in [0, 0.05) is 34.1 Å². The van der Waals surface area contributed by atoms with Crippen LogP contribution in [0.4, 0.5) is 0 Å². The maximum atomic E-state index is 5.90. The van der Waals surface area contributed by atoms with Gasteiger partial charge in [0.15, 0.2) is 0 Å². The minimum Gasteiger partial charge on any atom is -0.487 e. The Hall–Kier alpha value is -1.10. The van der Waals surface area contributed by atoms with Gasteiger partial charge in [-0.1, -0.05) is 25.4 Å². The van der Waals surface area contributed by atoms with Crippen LogP contribution in [0.3, 0.4) is 0 Å². The molecule has 3 nitrogen and oxygen atoms in total. The summed E-state index contributed by atoms with van der Waals surface area (Å²) in [5.41, 5.74) is 1.22. The van der Waals surface area contributed by atoms with Crippen LogP contribution in [0.2, 0.25) is 5.02 Å². The molecule has 0 unspecified atom stereocenters. The predicted molar refractivity (Wildman–Crippen MR) is 89.2 cm³/mol. The molecule has 0 saturated carbocycles. The Balaban J connectivity index is 1.90. The van der Waals surface area contributed by atoms with Crippen molar-refractivity contribution in [3.05, 3.63) is 44.9 Å². The van der Waals surface area contributed by atoms with Crippen molar-refractivity contribution < 1.29 is 4.74 Å². The van der Waals surface area contributed by atoms with Gasteiger partial charge in [-0.15, -0.1) is 11.3 Å². The number of nitrogens with zero attached hydrogens (tertiary/aromatic N) is 1. The number of thiophene rings is 1. The molecule has 0 amide bonds. The summed E-state index contributed by atoms with van der Waals surface area (Å²) in [7, 11) is 0. The Morgan fingerprint density at radius 2 is 2.14 bits per heavy atom. The Kier molecular flexibility index (Phi) is 6.03. The second kappa shape index (κ2) is 7.78. The highest BCUT2D eigenvalue weighted by atomic mass is 35.5. The van der Waals surface area contributed by atoms with E-state index in [-0.39, 0.29) is 0 Å². The van der Waals surface area contributed by atoms with Crippen LogP contribution in [0.15, 0.2) is 24.5 Å². The minimum atomic E-state index is 0.550. The van der Waals surface area contributed by atoms with Crippen molar-refractivity contribution in [3.63, 3.8) is 0 Å². The molecule has 0 aromatic carbocycles. The molecule has 2 rings (SSSR count). The summed E-state index contributed by atoms with van der Waals surface area (Å²) in [4.78, 5) is 6.66. The second-order valence-corrected chi connectivity index (χ2v) is 7.22. The quantitative estimate of drug-likeness (QED) is 0.818. The van der Waals surface area contributed by atoms with Gasteiger partial charge in [0.2, 0.25) is 0 Å². The van der Waals surface area contributed by atoms with E-state index in [1.165, 1.54) is 15.3 Å². The lowest BCUT2D eigenvalue weighted by Crippen LogP contribution is -2.18. The van der Waals surface area contributed by atoms with Gasteiger partial charge >= 0.3 is 0 Å². The van der Waals surface area contributed by atoms with E-state index in [9.17, 15) is 0 Å². The minimum absolute atomic E-state index is 0.550. The lowest BCUT2D eigenvalue weighted by molar-refractivity contribution is 0.305. The summed E-state index contributed by atoms with van der Waals surface area (Å²) in [6, 6.07) is 3.99. The zero-order chi connectivity index (χ0) is 15.2. The molecular formula is C16H21ClN2OS. The smallest absolute Gasteiger partial charge is 0.139 e. The summed E-state index contributed by atoms with van der Waals surface area (Å²) in [6.45, 7) is 9.06. The van der Waals surface area contributed by atoms with Crippen molar-refractivity contribution in [1.29, 1.82) is 0 Å². The van der Waals surface area contributed by atoms with Gasteiger partial charge in [-0.05, 0) is 25.5 Å². The molecular weight excluding hydrogens is 304 g/mol. The molecule has 0 atom stereocenters. The first-order chi connectivity index (χ1) is 10.0. The Labute approximate surface area is 135 Å². The first-order valence-electron chi connectivity index (χ1n) is 7.07. The molecule has 0 aliphatic heterocycles. The van der Waals surface area contributed by atoms with Crippen molar-refractivity contribution in [1.82, 2.24) is 10.3 Å². The summed E-state index contributed by atoms with van der Waals surface area (Å²) < 4.78 is 5.75. The molecule has 21 heavy (non-hydrogen) atoms. The molecule has 1 N–H and O–H groups in total. The van der Waals surface area contributed by atoms with E-state index < -0.39 is 0 Å². The first kappa shape index (κ1) is 16.3. The van der Waals surface area contributed by atoms with Crippen LogP contribution in [0.25, 0.3) is 0 Å². The van der Waals surface area contributed by atoms with Crippen molar-refractivity contribution >= 4 is 22.9 Å². The van der Waals surface area contributed by atoms with E-state index >= 15 is 0 Å². The summed E-state index contributed by atoms with van der Waals surface area (Å²) in [5.74, 6) is 1.37. The van der Waals surface area contributed by atoms with Gasteiger partial charge in [-0.3, -0.25) is 4.98 Å². The lowest BCUT2D eigenvalue weighted by atomic mass is 10.2. The molecule has 2 heterocycles. The van der Waals surface area contributed by atoms with E-state index in [1.807, 2.05) is 11.3 Å². The largest absolute Gasteiger partial charge is 0.487 e. The fraction of sp³-hybridized carbons (Fsp3) is 0.438. The summed E-state index contributed by atoms with van der Waals surface area (Å²) in [6.07, 6.45) is 3.28. The molecule has 0 aliphatic carbocycles.